The Kier molecular flexibility index (Phi) is 7.88. The maximum atomic E-state index is 12.8. The Hall–Kier alpha value is -0.480. The third-order valence-corrected chi connectivity index (χ3v) is 6.27. The Labute approximate surface area is 167 Å². The second kappa shape index (κ2) is 9.45. The van der Waals surface area contributed by atoms with E-state index in [0.29, 0.717) is 28.5 Å². The molecule has 1 aliphatic carbocycles. The van der Waals surface area contributed by atoms with Crippen molar-refractivity contribution in [1.82, 2.24) is 9.80 Å². The molecular formula is C19H27Cl3N2O. The van der Waals surface area contributed by atoms with Crippen molar-refractivity contribution < 1.29 is 4.79 Å². The van der Waals surface area contributed by atoms with Gasteiger partial charge < -0.3 is 4.90 Å². The van der Waals surface area contributed by atoms with Crippen LogP contribution in [0.25, 0.3) is 0 Å². The van der Waals surface area contributed by atoms with Crippen LogP contribution in [0.3, 0.4) is 0 Å². The summed E-state index contributed by atoms with van der Waals surface area (Å²) in [6, 6.07) is 6.32. The molecule has 2 fully saturated rings. The number of nitrogens with zero attached hydrogens (tertiary/aromatic N) is 2. The third-order valence-electron chi connectivity index (χ3n) is 5.53. The third kappa shape index (κ3) is 5.03. The zero-order valence-electron chi connectivity index (χ0n) is 14.7. The smallest absolute Gasteiger partial charge is 0.227 e. The Morgan fingerprint density at radius 1 is 1.12 bits per heavy atom. The molecule has 0 spiro atoms. The largest absolute Gasteiger partial charge is 0.341 e. The van der Waals surface area contributed by atoms with Gasteiger partial charge in [0.2, 0.25) is 5.91 Å². The van der Waals surface area contributed by atoms with Gasteiger partial charge in [-0.25, -0.2) is 0 Å². The molecule has 1 amide bonds. The highest BCUT2D eigenvalue weighted by molar-refractivity contribution is 6.42. The highest BCUT2D eigenvalue weighted by Gasteiger charge is 2.35. The lowest BCUT2D eigenvalue weighted by molar-refractivity contribution is -0.133. The van der Waals surface area contributed by atoms with E-state index in [1.54, 1.807) is 12.1 Å². The molecular weight excluding hydrogens is 379 g/mol. The molecule has 0 bridgehead atoms. The van der Waals surface area contributed by atoms with Gasteiger partial charge in [-0.15, -0.1) is 12.4 Å². The van der Waals surface area contributed by atoms with Gasteiger partial charge in [0.05, 0.1) is 16.5 Å². The molecule has 25 heavy (non-hydrogen) atoms. The van der Waals surface area contributed by atoms with Crippen molar-refractivity contribution >= 4 is 41.5 Å². The maximum absolute atomic E-state index is 12.8. The van der Waals surface area contributed by atoms with Crippen molar-refractivity contribution in [3.63, 3.8) is 0 Å². The summed E-state index contributed by atoms with van der Waals surface area (Å²) in [5.74, 6) is 0.171. The first-order chi connectivity index (χ1) is 11.6. The van der Waals surface area contributed by atoms with E-state index in [2.05, 4.69) is 4.90 Å². The van der Waals surface area contributed by atoms with Gasteiger partial charge in [-0.3, -0.25) is 9.69 Å². The van der Waals surface area contributed by atoms with Gasteiger partial charge in [0.25, 0.3) is 0 Å². The molecule has 3 nitrogen and oxygen atoms in total. The zero-order valence-corrected chi connectivity index (χ0v) is 17.0. The summed E-state index contributed by atoms with van der Waals surface area (Å²) in [6.07, 6.45) is 7.82. The van der Waals surface area contributed by atoms with Gasteiger partial charge >= 0.3 is 0 Å². The fraction of sp³-hybridized carbons (Fsp3) is 0.632. The molecule has 1 aromatic rings. The van der Waals surface area contributed by atoms with Crippen LogP contribution in [0.2, 0.25) is 10.0 Å². The minimum atomic E-state index is 0. The molecule has 0 N–H and O–H groups in total. The Morgan fingerprint density at radius 3 is 2.48 bits per heavy atom. The van der Waals surface area contributed by atoms with Crippen LogP contribution in [0.15, 0.2) is 18.2 Å². The van der Waals surface area contributed by atoms with E-state index in [9.17, 15) is 4.79 Å². The van der Waals surface area contributed by atoms with Crippen molar-refractivity contribution in [2.24, 2.45) is 0 Å². The molecule has 1 aliphatic heterocycles. The van der Waals surface area contributed by atoms with Crippen molar-refractivity contribution in [1.29, 1.82) is 0 Å². The van der Waals surface area contributed by atoms with Gasteiger partial charge in [0.1, 0.15) is 0 Å². The Bertz CT molecular complexity index is 590. The number of halogens is 3. The normalized spacial score (nSPS) is 24.0. The number of benzene rings is 1. The first-order valence-electron chi connectivity index (χ1n) is 9.00. The minimum absolute atomic E-state index is 0. The second-order valence-corrected chi connectivity index (χ2v) is 7.91. The van der Waals surface area contributed by atoms with E-state index in [0.717, 1.165) is 12.0 Å². The molecule has 2 aliphatic rings. The van der Waals surface area contributed by atoms with Crippen LogP contribution in [-0.4, -0.2) is 47.9 Å². The van der Waals surface area contributed by atoms with Crippen molar-refractivity contribution in [3.8, 4) is 0 Å². The quantitative estimate of drug-likeness (QED) is 0.716. The average molecular weight is 406 g/mol. The predicted octanol–water partition coefficient (Wildman–Crippen LogP) is 4.82. The first-order valence-corrected chi connectivity index (χ1v) is 9.75. The Morgan fingerprint density at radius 2 is 1.80 bits per heavy atom. The van der Waals surface area contributed by atoms with Gasteiger partial charge in [0.15, 0.2) is 0 Å². The van der Waals surface area contributed by atoms with E-state index in [4.69, 9.17) is 23.2 Å². The fourth-order valence-electron chi connectivity index (χ4n) is 4.18. The van der Waals surface area contributed by atoms with Crippen LogP contribution in [0.4, 0.5) is 0 Å². The number of likely N-dealkylation sites (tertiary alicyclic amines) is 1. The summed E-state index contributed by atoms with van der Waals surface area (Å²) in [6.45, 7) is 2.38. The van der Waals surface area contributed by atoms with Gasteiger partial charge in [-0.1, -0.05) is 42.1 Å². The molecule has 1 aromatic carbocycles. The van der Waals surface area contributed by atoms with Crippen LogP contribution in [0.5, 0.6) is 0 Å². The van der Waals surface area contributed by atoms with Gasteiger partial charge in [0, 0.05) is 19.1 Å². The molecule has 2 atom stereocenters. The number of carbonyl (C=O) groups excluding carboxylic acids is 1. The van der Waals surface area contributed by atoms with Crippen LogP contribution >= 0.6 is 35.6 Å². The number of hydrogen-bond donors (Lipinski definition) is 0. The van der Waals surface area contributed by atoms with Crippen LogP contribution in [0.1, 0.15) is 44.1 Å². The lowest BCUT2D eigenvalue weighted by Crippen LogP contribution is -2.53. The second-order valence-electron chi connectivity index (χ2n) is 7.09. The number of amides is 1. The molecule has 1 saturated heterocycles. The number of carbonyl (C=O) groups is 1. The van der Waals surface area contributed by atoms with Crippen LogP contribution in [0, 0.1) is 0 Å². The summed E-state index contributed by atoms with van der Waals surface area (Å²) in [7, 11) is 1.97. The lowest BCUT2D eigenvalue weighted by atomic mass is 9.88. The summed E-state index contributed by atoms with van der Waals surface area (Å²) in [4.78, 5) is 17.4. The topological polar surface area (TPSA) is 23.6 Å². The molecule has 6 heteroatoms. The zero-order chi connectivity index (χ0) is 17.1. The van der Waals surface area contributed by atoms with Gasteiger partial charge in [-0.05, 0) is 56.5 Å². The van der Waals surface area contributed by atoms with E-state index in [-0.39, 0.29) is 18.3 Å². The minimum Gasteiger partial charge on any atom is -0.341 e. The number of rotatable bonds is 4. The Balaban J connectivity index is 0.00000225. The molecule has 0 aromatic heterocycles. The highest BCUT2D eigenvalue weighted by atomic mass is 35.5. The molecule has 1 unspecified atom stereocenters. The van der Waals surface area contributed by atoms with E-state index >= 15 is 0 Å². The number of likely N-dealkylation sites (N-methyl/N-ethyl adjacent to an activating group) is 1. The van der Waals surface area contributed by atoms with Crippen molar-refractivity contribution in [3.05, 3.63) is 33.8 Å². The van der Waals surface area contributed by atoms with Crippen LogP contribution < -0.4 is 0 Å². The predicted molar refractivity (Wildman–Crippen MR) is 107 cm³/mol. The summed E-state index contributed by atoms with van der Waals surface area (Å²) >= 11 is 12.0. The first kappa shape index (κ1) is 20.8. The summed E-state index contributed by atoms with van der Waals surface area (Å²) in [5.41, 5.74) is 0.926. The molecule has 0 radical (unpaired) electrons. The lowest BCUT2D eigenvalue weighted by Gasteiger charge is -2.42. The summed E-state index contributed by atoms with van der Waals surface area (Å²) < 4.78 is 0. The van der Waals surface area contributed by atoms with E-state index < -0.39 is 0 Å². The molecule has 3 rings (SSSR count). The van der Waals surface area contributed by atoms with Gasteiger partial charge in [-0.2, -0.15) is 0 Å². The maximum Gasteiger partial charge on any atom is 0.227 e. The van der Waals surface area contributed by atoms with Crippen molar-refractivity contribution in [2.45, 2.75) is 57.0 Å². The molecule has 1 heterocycles. The SMILES string of the molecule is CN(C(=O)Cc1ccc(Cl)c(Cl)c1)C1CCCC[C@H]1N1CCCC1.Cl. The average Bonchev–Trinajstić information content (AvgIpc) is 3.12. The molecule has 1 saturated carbocycles. The van der Waals surface area contributed by atoms with E-state index in [1.807, 2.05) is 18.0 Å². The standard InChI is InChI=1S/C19H26Cl2N2O.ClH/c1-22(19(24)13-14-8-9-15(20)16(21)12-14)17-6-2-3-7-18(17)23-10-4-5-11-23;/h8-9,12,17-18H,2-7,10-11,13H2,1H3;1H/t17?,18-;/m1./s1. The van der Waals surface area contributed by atoms with E-state index in [1.165, 1.54) is 45.2 Å². The van der Waals surface area contributed by atoms with Crippen molar-refractivity contribution in [2.75, 3.05) is 20.1 Å². The monoisotopic (exact) mass is 404 g/mol. The fourth-order valence-corrected chi connectivity index (χ4v) is 4.50. The number of hydrogen-bond acceptors (Lipinski definition) is 2. The summed E-state index contributed by atoms with van der Waals surface area (Å²) in [5, 5.41) is 1.04. The van der Waals surface area contributed by atoms with Crippen LogP contribution in [-0.2, 0) is 11.2 Å². The highest BCUT2D eigenvalue weighted by Crippen LogP contribution is 2.29. The molecule has 140 valence electrons.